The van der Waals surface area contributed by atoms with Crippen LogP contribution in [-0.2, 0) is 6.54 Å². The normalized spacial score (nSPS) is 11.5. The number of benzene rings is 2. The van der Waals surface area contributed by atoms with E-state index in [1.807, 2.05) is 39.8 Å². The molecule has 0 atom stereocenters. The van der Waals surface area contributed by atoms with Gasteiger partial charge in [-0.15, -0.1) is 10.2 Å². The smallest absolute Gasteiger partial charge is 0.275 e. The van der Waals surface area contributed by atoms with Gasteiger partial charge in [0.2, 0.25) is 11.8 Å². The lowest BCUT2D eigenvalue weighted by molar-refractivity contribution is 0.0665. The van der Waals surface area contributed by atoms with E-state index in [9.17, 15) is 9.59 Å². The van der Waals surface area contributed by atoms with Crippen molar-refractivity contribution in [1.82, 2.24) is 24.9 Å². The van der Waals surface area contributed by atoms with E-state index in [1.54, 1.807) is 41.3 Å². The van der Waals surface area contributed by atoms with Crippen LogP contribution < -0.4 is 5.56 Å². The number of fused-ring (bicyclic) bond motifs is 1. The maximum absolute atomic E-state index is 13.7. The molecule has 4 aromatic rings. The average Bonchev–Trinajstić information content (AvgIpc) is 3.26. The van der Waals surface area contributed by atoms with Crippen molar-refractivity contribution < 1.29 is 9.21 Å². The van der Waals surface area contributed by atoms with Gasteiger partial charge in [0, 0.05) is 11.4 Å². The Balaban J connectivity index is 1.72. The summed E-state index contributed by atoms with van der Waals surface area (Å²) in [5.74, 6) is 0.227. The number of hydrogen-bond donors (Lipinski definition) is 0. The lowest BCUT2D eigenvalue weighted by atomic mass is 10.1. The second kappa shape index (κ2) is 9.15. The Hall–Kier alpha value is -3.52. The SMILES string of the molecule is CC(C)N(Cc1nnc(-c2ccccc2Cl)o1)C(=O)c1nn(C(C)C)c(=O)c2ccccc12. The van der Waals surface area contributed by atoms with Crippen molar-refractivity contribution >= 4 is 28.3 Å². The first-order valence-electron chi connectivity index (χ1n) is 10.7. The van der Waals surface area contributed by atoms with E-state index in [0.717, 1.165) is 0 Å². The molecule has 0 fully saturated rings. The van der Waals surface area contributed by atoms with Gasteiger partial charge in [-0.3, -0.25) is 9.59 Å². The molecule has 0 saturated carbocycles. The Bertz CT molecular complexity index is 1380. The fraction of sp³-hybridized carbons (Fsp3) is 0.292. The third-order valence-corrected chi connectivity index (χ3v) is 5.61. The summed E-state index contributed by atoms with van der Waals surface area (Å²) < 4.78 is 7.15. The standard InChI is InChI=1S/C24H24ClN5O3/c1-14(2)29(13-20-26-27-22(33-20)18-11-7-8-12-19(18)25)24(32)21-16-9-5-6-10-17(16)23(31)30(28-21)15(3)4/h5-12,14-15H,13H2,1-4H3. The van der Waals surface area contributed by atoms with Gasteiger partial charge in [-0.25, -0.2) is 4.68 Å². The summed E-state index contributed by atoms with van der Waals surface area (Å²) in [5.41, 5.74) is 0.602. The minimum atomic E-state index is -0.326. The summed E-state index contributed by atoms with van der Waals surface area (Å²) in [5, 5.41) is 14.1. The maximum Gasteiger partial charge on any atom is 0.275 e. The molecule has 0 aliphatic carbocycles. The number of hydrogen-bond acceptors (Lipinski definition) is 6. The van der Waals surface area contributed by atoms with E-state index in [2.05, 4.69) is 15.3 Å². The predicted octanol–water partition coefficient (Wildman–Crippen LogP) is 4.73. The van der Waals surface area contributed by atoms with Crippen LogP contribution in [0.4, 0.5) is 0 Å². The molecule has 2 aromatic heterocycles. The number of halogens is 1. The van der Waals surface area contributed by atoms with Crippen LogP contribution in [0.5, 0.6) is 0 Å². The van der Waals surface area contributed by atoms with Crippen LogP contribution in [0.2, 0.25) is 5.02 Å². The van der Waals surface area contributed by atoms with E-state index in [0.29, 0.717) is 21.4 Å². The van der Waals surface area contributed by atoms with E-state index in [1.165, 1.54) is 4.68 Å². The van der Waals surface area contributed by atoms with Crippen LogP contribution in [-0.4, -0.2) is 36.8 Å². The van der Waals surface area contributed by atoms with Gasteiger partial charge >= 0.3 is 0 Å². The highest BCUT2D eigenvalue weighted by Crippen LogP contribution is 2.27. The first kappa shape index (κ1) is 22.7. The van der Waals surface area contributed by atoms with Gasteiger partial charge in [0.15, 0.2) is 5.69 Å². The van der Waals surface area contributed by atoms with Gasteiger partial charge in [0.1, 0.15) is 0 Å². The van der Waals surface area contributed by atoms with Crippen LogP contribution in [0.25, 0.3) is 22.2 Å². The summed E-state index contributed by atoms with van der Waals surface area (Å²) in [7, 11) is 0. The zero-order valence-electron chi connectivity index (χ0n) is 18.8. The van der Waals surface area contributed by atoms with Crippen LogP contribution >= 0.6 is 11.6 Å². The fourth-order valence-electron chi connectivity index (χ4n) is 3.55. The molecule has 0 bridgehead atoms. The summed E-state index contributed by atoms with van der Waals surface area (Å²) in [6, 6.07) is 13.8. The average molecular weight is 466 g/mol. The van der Waals surface area contributed by atoms with Crippen LogP contribution in [0.15, 0.2) is 57.7 Å². The molecule has 2 heterocycles. The monoisotopic (exact) mass is 465 g/mol. The van der Waals surface area contributed by atoms with E-state index >= 15 is 0 Å². The number of nitrogens with zero attached hydrogens (tertiary/aromatic N) is 5. The minimum Gasteiger partial charge on any atom is -0.419 e. The molecular weight excluding hydrogens is 442 g/mol. The van der Waals surface area contributed by atoms with Crippen LogP contribution in [0.3, 0.4) is 0 Å². The number of aromatic nitrogens is 4. The van der Waals surface area contributed by atoms with Crippen molar-refractivity contribution in [3.63, 3.8) is 0 Å². The summed E-state index contributed by atoms with van der Waals surface area (Å²) in [6.45, 7) is 7.58. The largest absolute Gasteiger partial charge is 0.419 e. The first-order valence-corrected chi connectivity index (χ1v) is 11.1. The second-order valence-electron chi connectivity index (χ2n) is 8.25. The van der Waals surface area contributed by atoms with Gasteiger partial charge in [-0.1, -0.05) is 41.9 Å². The third-order valence-electron chi connectivity index (χ3n) is 5.28. The molecule has 1 amide bonds. The van der Waals surface area contributed by atoms with E-state index < -0.39 is 0 Å². The Labute approximate surface area is 195 Å². The zero-order chi connectivity index (χ0) is 23.7. The molecule has 2 aromatic carbocycles. The Kier molecular flexibility index (Phi) is 6.29. The highest BCUT2D eigenvalue weighted by Gasteiger charge is 2.26. The Morgan fingerprint density at radius 3 is 2.36 bits per heavy atom. The number of rotatable bonds is 6. The summed E-state index contributed by atoms with van der Waals surface area (Å²) in [6.07, 6.45) is 0. The third kappa shape index (κ3) is 4.39. The van der Waals surface area contributed by atoms with Crippen molar-refractivity contribution in [2.75, 3.05) is 0 Å². The molecule has 9 heteroatoms. The molecule has 0 aliphatic rings. The topological polar surface area (TPSA) is 94.1 Å². The number of carbonyl (C=O) groups is 1. The Morgan fingerprint density at radius 1 is 1.03 bits per heavy atom. The Morgan fingerprint density at radius 2 is 1.70 bits per heavy atom. The van der Waals surface area contributed by atoms with Crippen molar-refractivity contribution in [2.45, 2.75) is 46.3 Å². The highest BCUT2D eigenvalue weighted by atomic mass is 35.5. The molecule has 0 radical (unpaired) electrons. The van der Waals surface area contributed by atoms with Gasteiger partial charge in [0.25, 0.3) is 11.5 Å². The molecule has 170 valence electrons. The molecule has 0 aliphatic heterocycles. The number of amides is 1. The molecule has 0 spiro atoms. The van der Waals surface area contributed by atoms with Crippen molar-refractivity contribution in [3.05, 3.63) is 75.5 Å². The number of carbonyl (C=O) groups excluding carboxylic acids is 1. The van der Waals surface area contributed by atoms with Crippen LogP contribution in [0, 0.1) is 0 Å². The molecule has 4 rings (SSSR count). The molecule has 0 N–H and O–H groups in total. The quantitative estimate of drug-likeness (QED) is 0.408. The van der Waals surface area contributed by atoms with Gasteiger partial charge in [0.05, 0.1) is 28.6 Å². The van der Waals surface area contributed by atoms with Crippen molar-refractivity contribution in [1.29, 1.82) is 0 Å². The second-order valence-corrected chi connectivity index (χ2v) is 8.65. The van der Waals surface area contributed by atoms with E-state index in [4.69, 9.17) is 16.0 Å². The predicted molar refractivity (Wildman–Crippen MR) is 126 cm³/mol. The minimum absolute atomic E-state index is 0.0881. The molecule has 0 saturated heterocycles. The van der Waals surface area contributed by atoms with Crippen molar-refractivity contribution in [2.24, 2.45) is 0 Å². The first-order chi connectivity index (χ1) is 15.8. The maximum atomic E-state index is 13.7. The molecule has 8 nitrogen and oxygen atoms in total. The fourth-order valence-corrected chi connectivity index (χ4v) is 3.76. The highest BCUT2D eigenvalue weighted by molar-refractivity contribution is 6.33. The summed E-state index contributed by atoms with van der Waals surface area (Å²) >= 11 is 6.23. The molecular formula is C24H24ClN5O3. The summed E-state index contributed by atoms with van der Waals surface area (Å²) in [4.78, 5) is 28.1. The molecule has 33 heavy (non-hydrogen) atoms. The van der Waals surface area contributed by atoms with Gasteiger partial charge < -0.3 is 9.32 Å². The lowest BCUT2D eigenvalue weighted by Gasteiger charge is -2.25. The van der Waals surface area contributed by atoms with E-state index in [-0.39, 0.29) is 47.6 Å². The van der Waals surface area contributed by atoms with Gasteiger partial charge in [-0.05, 0) is 45.9 Å². The molecule has 0 unspecified atom stereocenters. The van der Waals surface area contributed by atoms with Crippen LogP contribution in [0.1, 0.15) is 50.1 Å². The zero-order valence-corrected chi connectivity index (χ0v) is 19.6. The lowest BCUT2D eigenvalue weighted by Crippen LogP contribution is -2.38. The van der Waals surface area contributed by atoms with Gasteiger partial charge in [-0.2, -0.15) is 5.10 Å². The van der Waals surface area contributed by atoms with Crippen molar-refractivity contribution in [3.8, 4) is 11.5 Å².